The number of piperazine rings is 1. The molecule has 0 bridgehead atoms. The smallest absolute Gasteiger partial charge is 0.434 e. The molecule has 1 amide bonds. The van der Waals surface area contributed by atoms with Crippen molar-refractivity contribution in [3.05, 3.63) is 71.0 Å². The molecule has 0 radical (unpaired) electrons. The van der Waals surface area contributed by atoms with Gasteiger partial charge in [0.2, 0.25) is 0 Å². The predicted octanol–water partition coefficient (Wildman–Crippen LogP) is 4.52. The van der Waals surface area contributed by atoms with Crippen LogP contribution in [0.2, 0.25) is 5.02 Å². The van der Waals surface area contributed by atoms with Gasteiger partial charge in [0.25, 0.3) is 5.91 Å². The Hall–Kier alpha value is -3.20. The molecule has 1 saturated heterocycles. The molecule has 1 fully saturated rings. The Morgan fingerprint density at radius 2 is 1.72 bits per heavy atom. The normalized spacial score (nSPS) is 14.5. The first kappa shape index (κ1) is 22.0. The van der Waals surface area contributed by atoms with Gasteiger partial charge >= 0.3 is 6.18 Å². The molecule has 0 unspecified atom stereocenters. The number of alkyl halides is 3. The summed E-state index contributed by atoms with van der Waals surface area (Å²) in [4.78, 5) is 16.5. The summed E-state index contributed by atoms with van der Waals surface area (Å²) in [5, 5.41) is 4.13. The number of methoxy groups -OCH3 is 1. The zero-order valence-electron chi connectivity index (χ0n) is 17.1. The lowest BCUT2D eigenvalue weighted by molar-refractivity contribution is -0.143. The molecule has 6 nitrogen and oxygen atoms in total. The van der Waals surface area contributed by atoms with Crippen molar-refractivity contribution in [1.29, 1.82) is 0 Å². The minimum Gasteiger partial charge on any atom is -0.497 e. The number of rotatable bonds is 4. The van der Waals surface area contributed by atoms with Crippen LogP contribution in [0.1, 0.15) is 16.1 Å². The maximum Gasteiger partial charge on any atom is 0.434 e. The van der Waals surface area contributed by atoms with E-state index >= 15 is 0 Å². The van der Waals surface area contributed by atoms with Gasteiger partial charge in [-0.1, -0.05) is 23.7 Å². The average Bonchev–Trinajstić information content (AvgIpc) is 3.25. The van der Waals surface area contributed by atoms with Crippen molar-refractivity contribution in [3.63, 3.8) is 0 Å². The Balaban J connectivity index is 1.56. The molecular formula is C22H20ClF3N4O2. The summed E-state index contributed by atoms with van der Waals surface area (Å²) in [5.74, 6) is 0.0140. The fourth-order valence-corrected chi connectivity index (χ4v) is 3.91. The van der Waals surface area contributed by atoms with E-state index in [0.717, 1.165) is 11.9 Å². The van der Waals surface area contributed by atoms with E-state index in [1.807, 2.05) is 24.3 Å². The van der Waals surface area contributed by atoms with Gasteiger partial charge in [0.1, 0.15) is 5.75 Å². The highest BCUT2D eigenvalue weighted by atomic mass is 35.5. The molecule has 168 valence electrons. The van der Waals surface area contributed by atoms with Crippen molar-refractivity contribution in [2.24, 2.45) is 0 Å². The molecule has 32 heavy (non-hydrogen) atoms. The Morgan fingerprint density at radius 3 is 2.38 bits per heavy atom. The fourth-order valence-electron chi connectivity index (χ4n) is 3.73. The van der Waals surface area contributed by atoms with Gasteiger partial charge in [-0.25, -0.2) is 4.68 Å². The molecule has 0 atom stereocenters. The summed E-state index contributed by atoms with van der Waals surface area (Å²) in [5.41, 5.74) is -0.528. The first-order chi connectivity index (χ1) is 15.3. The first-order valence-electron chi connectivity index (χ1n) is 9.87. The molecule has 1 aliphatic rings. The lowest BCUT2D eigenvalue weighted by Crippen LogP contribution is -2.49. The van der Waals surface area contributed by atoms with Gasteiger partial charge in [-0.2, -0.15) is 18.3 Å². The highest BCUT2D eigenvalue weighted by Crippen LogP contribution is 2.35. The number of carbonyl (C=O) groups excluding carboxylic acids is 1. The van der Waals surface area contributed by atoms with Gasteiger partial charge in [-0.3, -0.25) is 4.79 Å². The van der Waals surface area contributed by atoms with E-state index in [1.165, 1.54) is 23.1 Å². The number of benzene rings is 2. The SMILES string of the molecule is COc1cccc(N2CCN(C(=O)c3cnn(-c4cccc(Cl)c4)c3C(F)(F)F)CC2)c1. The summed E-state index contributed by atoms with van der Waals surface area (Å²) in [7, 11) is 1.58. The lowest BCUT2D eigenvalue weighted by Gasteiger charge is -2.36. The Morgan fingerprint density at radius 1 is 1.03 bits per heavy atom. The van der Waals surface area contributed by atoms with Crippen LogP contribution < -0.4 is 9.64 Å². The first-order valence-corrected chi connectivity index (χ1v) is 10.2. The highest BCUT2D eigenvalue weighted by Gasteiger charge is 2.41. The average molecular weight is 465 g/mol. The van der Waals surface area contributed by atoms with Crippen molar-refractivity contribution in [1.82, 2.24) is 14.7 Å². The van der Waals surface area contributed by atoms with Gasteiger partial charge in [-0.15, -0.1) is 0 Å². The third kappa shape index (κ3) is 4.38. The maximum atomic E-state index is 13.9. The van der Waals surface area contributed by atoms with Crippen molar-refractivity contribution in [3.8, 4) is 11.4 Å². The van der Waals surface area contributed by atoms with Crippen LogP contribution in [-0.4, -0.2) is 53.9 Å². The van der Waals surface area contributed by atoms with E-state index in [0.29, 0.717) is 23.5 Å². The summed E-state index contributed by atoms with van der Waals surface area (Å²) in [6.45, 7) is 1.55. The van der Waals surface area contributed by atoms with Crippen LogP contribution in [0, 0.1) is 0 Å². The van der Waals surface area contributed by atoms with Crippen LogP contribution in [0.25, 0.3) is 5.69 Å². The lowest BCUT2D eigenvalue weighted by atomic mass is 10.1. The Labute approximate surface area is 187 Å². The number of hydrogen-bond donors (Lipinski definition) is 0. The summed E-state index contributed by atoms with van der Waals surface area (Å²) < 4.78 is 47.7. The number of nitrogens with zero attached hydrogens (tertiary/aromatic N) is 4. The molecule has 10 heteroatoms. The van der Waals surface area contributed by atoms with Gasteiger partial charge < -0.3 is 14.5 Å². The second kappa shape index (κ2) is 8.74. The fraction of sp³-hybridized carbons (Fsp3) is 0.273. The number of halogens is 4. The molecule has 0 spiro atoms. The molecular weight excluding hydrogens is 445 g/mol. The van der Waals surface area contributed by atoms with Crippen LogP contribution in [0.5, 0.6) is 5.75 Å². The Kier molecular flexibility index (Phi) is 6.01. The van der Waals surface area contributed by atoms with Gasteiger partial charge in [0.05, 0.1) is 24.6 Å². The van der Waals surface area contributed by atoms with E-state index in [-0.39, 0.29) is 23.8 Å². The van der Waals surface area contributed by atoms with E-state index < -0.39 is 23.3 Å². The van der Waals surface area contributed by atoms with Crippen molar-refractivity contribution >= 4 is 23.2 Å². The molecule has 1 aromatic heterocycles. The highest BCUT2D eigenvalue weighted by molar-refractivity contribution is 6.30. The summed E-state index contributed by atoms with van der Waals surface area (Å²) >= 11 is 5.93. The number of ether oxygens (including phenoxy) is 1. The number of hydrogen-bond acceptors (Lipinski definition) is 4. The second-order valence-electron chi connectivity index (χ2n) is 7.28. The summed E-state index contributed by atoms with van der Waals surface area (Å²) in [6.07, 6.45) is -3.80. The van der Waals surface area contributed by atoms with Crippen LogP contribution in [0.15, 0.2) is 54.7 Å². The monoisotopic (exact) mass is 464 g/mol. The predicted molar refractivity (Wildman–Crippen MR) is 115 cm³/mol. The summed E-state index contributed by atoms with van der Waals surface area (Å²) in [6, 6.07) is 13.4. The molecule has 2 aromatic carbocycles. The number of anilines is 1. The maximum absolute atomic E-state index is 13.9. The second-order valence-corrected chi connectivity index (χ2v) is 7.71. The third-order valence-corrected chi connectivity index (χ3v) is 5.54. The Bertz CT molecular complexity index is 1120. The van der Waals surface area contributed by atoms with Crippen molar-refractivity contribution in [2.75, 3.05) is 38.2 Å². The van der Waals surface area contributed by atoms with Crippen molar-refractivity contribution in [2.45, 2.75) is 6.18 Å². The molecule has 4 rings (SSSR count). The van der Waals surface area contributed by atoms with Crippen LogP contribution in [0.3, 0.4) is 0 Å². The molecule has 0 aliphatic carbocycles. The minimum absolute atomic E-state index is 0.131. The molecule has 0 saturated carbocycles. The third-order valence-electron chi connectivity index (χ3n) is 5.31. The number of amides is 1. The van der Waals surface area contributed by atoms with Gasteiger partial charge in [0, 0.05) is 43.0 Å². The van der Waals surface area contributed by atoms with E-state index in [1.54, 1.807) is 13.2 Å². The standard InChI is InChI=1S/C22H20ClF3N4O2/c1-32-18-7-3-5-16(13-18)28-8-10-29(11-9-28)21(31)19-14-27-30(20(19)22(24,25)26)17-6-2-4-15(23)12-17/h2-7,12-14H,8-11H2,1H3. The quantitative estimate of drug-likeness (QED) is 0.570. The van der Waals surface area contributed by atoms with E-state index in [2.05, 4.69) is 10.00 Å². The largest absolute Gasteiger partial charge is 0.497 e. The number of carbonyl (C=O) groups is 1. The molecule has 1 aliphatic heterocycles. The van der Waals surface area contributed by atoms with Crippen LogP contribution in [-0.2, 0) is 6.18 Å². The molecule has 2 heterocycles. The van der Waals surface area contributed by atoms with Gasteiger partial charge in [-0.05, 0) is 30.3 Å². The zero-order chi connectivity index (χ0) is 22.9. The van der Waals surface area contributed by atoms with Crippen LogP contribution >= 0.6 is 11.6 Å². The molecule has 3 aromatic rings. The zero-order valence-corrected chi connectivity index (χ0v) is 17.9. The minimum atomic E-state index is -4.77. The van der Waals surface area contributed by atoms with Crippen molar-refractivity contribution < 1.29 is 22.7 Å². The number of aromatic nitrogens is 2. The molecule has 0 N–H and O–H groups in total. The van der Waals surface area contributed by atoms with Gasteiger partial charge in [0.15, 0.2) is 5.69 Å². The topological polar surface area (TPSA) is 50.6 Å². The van der Waals surface area contributed by atoms with E-state index in [4.69, 9.17) is 16.3 Å². The van der Waals surface area contributed by atoms with E-state index in [9.17, 15) is 18.0 Å². The van der Waals surface area contributed by atoms with Crippen LogP contribution in [0.4, 0.5) is 18.9 Å².